The van der Waals surface area contributed by atoms with E-state index in [9.17, 15) is 19.2 Å². The SMILES string of the molecule is CCCC[C@H](NC(=O)CSc1nnc(SCC(=O)N[C@H](CCCC)C(=O)O)s1)C(=O)O. The fraction of sp³-hybridized carbons (Fsp3) is 0.667. The van der Waals surface area contributed by atoms with E-state index in [4.69, 9.17) is 10.2 Å². The molecule has 13 heteroatoms. The second kappa shape index (κ2) is 15.0. The lowest BCUT2D eigenvalue weighted by molar-refractivity contribution is -0.142. The van der Waals surface area contributed by atoms with Crippen LogP contribution in [0, 0.1) is 0 Å². The monoisotopic (exact) mass is 492 g/mol. The first-order chi connectivity index (χ1) is 14.8. The van der Waals surface area contributed by atoms with Gasteiger partial charge in [-0.05, 0) is 12.8 Å². The van der Waals surface area contributed by atoms with E-state index < -0.39 is 35.8 Å². The van der Waals surface area contributed by atoms with E-state index >= 15 is 0 Å². The summed E-state index contributed by atoms with van der Waals surface area (Å²) in [6.07, 6.45) is 3.86. The molecule has 2 amide bonds. The van der Waals surface area contributed by atoms with Crippen LogP contribution in [0.25, 0.3) is 0 Å². The number of carbonyl (C=O) groups excluding carboxylic acids is 2. The molecule has 0 aliphatic carbocycles. The molecule has 0 bridgehead atoms. The molecule has 31 heavy (non-hydrogen) atoms. The lowest BCUT2D eigenvalue weighted by atomic mass is 10.1. The number of hydrogen-bond acceptors (Lipinski definition) is 9. The summed E-state index contributed by atoms with van der Waals surface area (Å²) in [4.78, 5) is 46.4. The molecule has 1 heterocycles. The Balaban J connectivity index is 2.42. The number of carbonyl (C=O) groups is 4. The molecule has 0 aliphatic rings. The van der Waals surface area contributed by atoms with E-state index in [2.05, 4.69) is 20.8 Å². The minimum absolute atomic E-state index is 0.00735. The molecule has 1 aromatic heterocycles. The Labute approximate surface area is 193 Å². The van der Waals surface area contributed by atoms with Gasteiger partial charge < -0.3 is 20.8 Å². The number of thioether (sulfide) groups is 2. The van der Waals surface area contributed by atoms with E-state index in [-0.39, 0.29) is 11.5 Å². The summed E-state index contributed by atoms with van der Waals surface area (Å²) in [6.45, 7) is 3.89. The average Bonchev–Trinajstić information content (AvgIpc) is 3.18. The van der Waals surface area contributed by atoms with Gasteiger partial charge >= 0.3 is 11.9 Å². The Morgan fingerprint density at radius 3 is 1.55 bits per heavy atom. The Hall–Kier alpha value is -1.86. The molecule has 174 valence electrons. The standard InChI is InChI=1S/C18H28N4O6S3/c1-3-5-7-11(15(25)26)19-13(23)9-29-17-21-22-18(31-17)30-10-14(24)20-12(16(27)28)8-6-4-2/h11-12H,3-10H2,1-2H3,(H,19,23)(H,20,24)(H,25,26)(H,27,28)/t11-,12+. The van der Waals surface area contributed by atoms with E-state index in [0.29, 0.717) is 34.4 Å². The quantitative estimate of drug-likeness (QED) is 0.252. The summed E-state index contributed by atoms with van der Waals surface area (Å²) in [5.74, 6) is -2.90. The van der Waals surface area contributed by atoms with E-state index in [1.54, 1.807) is 0 Å². The molecule has 0 unspecified atom stereocenters. The number of carboxylic acid groups (broad SMARTS) is 2. The number of rotatable bonds is 16. The summed E-state index contributed by atoms with van der Waals surface area (Å²) < 4.78 is 1.04. The number of amides is 2. The van der Waals surface area contributed by atoms with Crippen LogP contribution in [0.4, 0.5) is 0 Å². The maximum absolute atomic E-state index is 12.0. The number of aromatic nitrogens is 2. The van der Waals surface area contributed by atoms with Gasteiger partial charge in [0, 0.05) is 0 Å². The first-order valence-electron chi connectivity index (χ1n) is 9.90. The molecule has 0 aliphatic heterocycles. The molecule has 1 rings (SSSR count). The number of unbranched alkanes of at least 4 members (excludes halogenated alkanes) is 2. The molecule has 1 aromatic rings. The van der Waals surface area contributed by atoms with Crippen molar-refractivity contribution in [3.8, 4) is 0 Å². The van der Waals surface area contributed by atoms with Gasteiger partial charge in [-0.3, -0.25) is 9.59 Å². The fourth-order valence-corrected chi connectivity index (χ4v) is 5.01. The van der Waals surface area contributed by atoms with Gasteiger partial charge in [-0.25, -0.2) is 9.59 Å². The van der Waals surface area contributed by atoms with Crippen LogP contribution in [0.3, 0.4) is 0 Å². The smallest absolute Gasteiger partial charge is 0.326 e. The highest BCUT2D eigenvalue weighted by Crippen LogP contribution is 2.28. The second-order valence-electron chi connectivity index (χ2n) is 6.61. The molecule has 2 atom stereocenters. The third kappa shape index (κ3) is 11.4. The van der Waals surface area contributed by atoms with Crippen LogP contribution in [-0.4, -0.2) is 67.8 Å². The number of carboxylic acids is 2. The van der Waals surface area contributed by atoms with Crippen molar-refractivity contribution in [2.24, 2.45) is 0 Å². The predicted molar refractivity (Wildman–Crippen MR) is 120 cm³/mol. The topological polar surface area (TPSA) is 159 Å². The van der Waals surface area contributed by atoms with Gasteiger partial charge in [-0.2, -0.15) is 0 Å². The highest BCUT2D eigenvalue weighted by atomic mass is 32.2. The summed E-state index contributed by atoms with van der Waals surface area (Å²) >= 11 is 3.47. The Bertz CT molecular complexity index is 687. The van der Waals surface area contributed by atoms with Gasteiger partial charge in [0.15, 0.2) is 8.68 Å². The van der Waals surface area contributed by atoms with Crippen molar-refractivity contribution in [3.63, 3.8) is 0 Å². The minimum atomic E-state index is -1.06. The van der Waals surface area contributed by atoms with E-state index in [1.165, 1.54) is 11.3 Å². The Morgan fingerprint density at radius 1 is 0.839 bits per heavy atom. The summed E-state index contributed by atoms with van der Waals surface area (Å²) in [5.41, 5.74) is 0. The molecule has 0 saturated carbocycles. The molecule has 0 saturated heterocycles. The third-order valence-electron chi connectivity index (χ3n) is 4.00. The molecular formula is C18H28N4O6S3. The zero-order chi connectivity index (χ0) is 23.2. The van der Waals surface area contributed by atoms with Crippen molar-refractivity contribution in [2.45, 2.75) is 73.1 Å². The van der Waals surface area contributed by atoms with Gasteiger partial charge in [0.05, 0.1) is 11.5 Å². The average molecular weight is 493 g/mol. The van der Waals surface area contributed by atoms with Gasteiger partial charge in [0.1, 0.15) is 12.1 Å². The largest absolute Gasteiger partial charge is 0.480 e. The predicted octanol–water partition coefficient (Wildman–Crippen LogP) is 2.24. The first-order valence-corrected chi connectivity index (χ1v) is 12.7. The van der Waals surface area contributed by atoms with Gasteiger partial charge in [0.2, 0.25) is 11.8 Å². The Kier molecular flexibility index (Phi) is 13.2. The number of nitrogens with zero attached hydrogens (tertiary/aromatic N) is 2. The molecule has 0 radical (unpaired) electrons. The molecule has 4 N–H and O–H groups in total. The minimum Gasteiger partial charge on any atom is -0.480 e. The molecule has 0 aromatic carbocycles. The Morgan fingerprint density at radius 2 is 1.23 bits per heavy atom. The normalized spacial score (nSPS) is 12.7. The molecule has 0 fully saturated rings. The molecule has 10 nitrogen and oxygen atoms in total. The fourth-order valence-electron chi connectivity index (χ4n) is 2.37. The van der Waals surface area contributed by atoms with Crippen LogP contribution in [0.2, 0.25) is 0 Å². The third-order valence-corrected chi connectivity index (χ3v) is 7.19. The lowest BCUT2D eigenvalue weighted by Gasteiger charge is -2.13. The van der Waals surface area contributed by atoms with Crippen LogP contribution in [-0.2, 0) is 19.2 Å². The summed E-state index contributed by atoms with van der Waals surface area (Å²) in [6, 6.07) is -1.81. The zero-order valence-electron chi connectivity index (χ0n) is 17.5. The highest BCUT2D eigenvalue weighted by Gasteiger charge is 2.21. The van der Waals surface area contributed by atoms with Gasteiger partial charge in [0.25, 0.3) is 0 Å². The lowest BCUT2D eigenvalue weighted by Crippen LogP contribution is -2.41. The van der Waals surface area contributed by atoms with Crippen molar-refractivity contribution >= 4 is 58.6 Å². The van der Waals surface area contributed by atoms with Crippen LogP contribution in [0.5, 0.6) is 0 Å². The van der Waals surface area contributed by atoms with Crippen molar-refractivity contribution in [1.29, 1.82) is 0 Å². The molecular weight excluding hydrogens is 464 g/mol. The van der Waals surface area contributed by atoms with Gasteiger partial charge in [-0.15, -0.1) is 10.2 Å². The van der Waals surface area contributed by atoms with Crippen molar-refractivity contribution in [2.75, 3.05) is 11.5 Å². The number of aliphatic carboxylic acids is 2. The van der Waals surface area contributed by atoms with Crippen LogP contribution in [0.1, 0.15) is 52.4 Å². The number of nitrogens with one attached hydrogen (secondary N) is 2. The first kappa shape index (κ1) is 27.2. The second-order valence-corrected chi connectivity index (χ2v) is 10.0. The van der Waals surface area contributed by atoms with Crippen LogP contribution >= 0.6 is 34.9 Å². The zero-order valence-corrected chi connectivity index (χ0v) is 19.9. The van der Waals surface area contributed by atoms with E-state index in [1.807, 2.05) is 13.8 Å². The number of hydrogen-bond donors (Lipinski definition) is 4. The van der Waals surface area contributed by atoms with Crippen LogP contribution in [0.15, 0.2) is 8.68 Å². The van der Waals surface area contributed by atoms with Gasteiger partial charge in [-0.1, -0.05) is 74.4 Å². The van der Waals surface area contributed by atoms with Crippen molar-refractivity contribution in [1.82, 2.24) is 20.8 Å². The van der Waals surface area contributed by atoms with Crippen molar-refractivity contribution in [3.05, 3.63) is 0 Å². The summed E-state index contributed by atoms with van der Waals surface area (Å²) in [5, 5.41) is 31.2. The summed E-state index contributed by atoms with van der Waals surface area (Å²) in [7, 11) is 0. The molecule has 0 spiro atoms. The highest BCUT2D eigenvalue weighted by molar-refractivity contribution is 8.03. The van der Waals surface area contributed by atoms with E-state index in [0.717, 1.165) is 36.4 Å². The van der Waals surface area contributed by atoms with Crippen LogP contribution < -0.4 is 10.6 Å². The maximum atomic E-state index is 12.0. The maximum Gasteiger partial charge on any atom is 0.326 e. The van der Waals surface area contributed by atoms with Crippen molar-refractivity contribution < 1.29 is 29.4 Å².